The normalized spacial score (nSPS) is 18.4. The minimum Gasteiger partial charge on any atom is -0.354 e. The van der Waals surface area contributed by atoms with Crippen LogP contribution in [0.2, 0.25) is 0 Å². The zero-order valence-corrected chi connectivity index (χ0v) is 13.0. The van der Waals surface area contributed by atoms with Crippen molar-refractivity contribution in [1.29, 1.82) is 0 Å². The third-order valence-corrected chi connectivity index (χ3v) is 4.22. The minimum absolute atomic E-state index is 0.562. The third kappa shape index (κ3) is 4.28. The fourth-order valence-electron chi connectivity index (χ4n) is 3.06. The smallest absolute Gasteiger partial charge is 0.151 e. The molecule has 1 aromatic carbocycles. The molecule has 2 aromatic rings. The van der Waals surface area contributed by atoms with E-state index in [0.717, 1.165) is 31.9 Å². The van der Waals surface area contributed by atoms with Crippen LogP contribution in [0.3, 0.4) is 0 Å². The molecular formula is C18H24N4. The minimum atomic E-state index is 0.562. The van der Waals surface area contributed by atoms with Crippen molar-refractivity contribution in [2.75, 3.05) is 24.5 Å². The standard InChI is InChI=1S/C18H24N4/c1-2-7-16(8-3-1)9-4-12-19-17-10-6-14-22(15-17)18-11-5-13-20-21-18/h1-3,5,7-8,11,13,17,19H,4,6,9-10,12,14-15H2/t17-/m0/s1. The van der Waals surface area contributed by atoms with Crippen LogP contribution in [-0.4, -0.2) is 35.9 Å². The van der Waals surface area contributed by atoms with Crippen molar-refractivity contribution in [1.82, 2.24) is 15.5 Å². The molecule has 1 aliphatic heterocycles. The first kappa shape index (κ1) is 15.0. The van der Waals surface area contributed by atoms with Crippen molar-refractivity contribution in [2.24, 2.45) is 0 Å². The van der Waals surface area contributed by atoms with Crippen LogP contribution < -0.4 is 10.2 Å². The van der Waals surface area contributed by atoms with E-state index in [0.29, 0.717) is 6.04 Å². The van der Waals surface area contributed by atoms with Gasteiger partial charge in [0.05, 0.1) is 0 Å². The number of rotatable bonds is 6. The van der Waals surface area contributed by atoms with E-state index in [1.54, 1.807) is 6.20 Å². The predicted molar refractivity (Wildman–Crippen MR) is 90.0 cm³/mol. The van der Waals surface area contributed by atoms with Crippen molar-refractivity contribution in [2.45, 2.75) is 31.7 Å². The van der Waals surface area contributed by atoms with Gasteiger partial charge in [0.1, 0.15) is 0 Å². The van der Waals surface area contributed by atoms with E-state index in [2.05, 4.69) is 50.7 Å². The molecular weight excluding hydrogens is 272 g/mol. The summed E-state index contributed by atoms with van der Waals surface area (Å²) in [5.74, 6) is 0.998. The molecule has 2 heterocycles. The molecule has 1 saturated heterocycles. The Labute approximate surface area is 132 Å². The van der Waals surface area contributed by atoms with Gasteiger partial charge in [0, 0.05) is 25.3 Å². The number of benzene rings is 1. The maximum Gasteiger partial charge on any atom is 0.151 e. The van der Waals surface area contributed by atoms with Gasteiger partial charge < -0.3 is 10.2 Å². The molecule has 116 valence electrons. The first-order valence-electron chi connectivity index (χ1n) is 8.22. The van der Waals surface area contributed by atoms with Gasteiger partial charge in [-0.15, -0.1) is 5.10 Å². The Kier molecular flexibility index (Phi) is 5.37. The number of hydrogen-bond donors (Lipinski definition) is 1. The van der Waals surface area contributed by atoms with Crippen LogP contribution >= 0.6 is 0 Å². The van der Waals surface area contributed by atoms with Crippen molar-refractivity contribution < 1.29 is 0 Å². The van der Waals surface area contributed by atoms with Gasteiger partial charge >= 0.3 is 0 Å². The first-order valence-corrected chi connectivity index (χ1v) is 8.22. The highest BCUT2D eigenvalue weighted by atomic mass is 15.3. The second-order valence-corrected chi connectivity index (χ2v) is 5.91. The van der Waals surface area contributed by atoms with E-state index in [9.17, 15) is 0 Å². The van der Waals surface area contributed by atoms with Gasteiger partial charge in [-0.25, -0.2) is 0 Å². The summed E-state index contributed by atoms with van der Waals surface area (Å²) in [5.41, 5.74) is 1.43. The molecule has 1 N–H and O–H groups in total. The molecule has 0 bridgehead atoms. The molecule has 1 aromatic heterocycles. The number of anilines is 1. The molecule has 0 unspecified atom stereocenters. The van der Waals surface area contributed by atoms with Gasteiger partial charge in [0.15, 0.2) is 5.82 Å². The molecule has 0 spiro atoms. The zero-order chi connectivity index (χ0) is 15.0. The van der Waals surface area contributed by atoms with E-state index < -0.39 is 0 Å². The summed E-state index contributed by atoms with van der Waals surface area (Å²) in [6.45, 7) is 3.19. The molecule has 1 aliphatic rings. The van der Waals surface area contributed by atoms with Crippen molar-refractivity contribution in [3.05, 3.63) is 54.2 Å². The van der Waals surface area contributed by atoms with Crippen molar-refractivity contribution in [3.63, 3.8) is 0 Å². The molecule has 0 radical (unpaired) electrons. The monoisotopic (exact) mass is 296 g/mol. The van der Waals surface area contributed by atoms with Crippen molar-refractivity contribution >= 4 is 5.82 Å². The molecule has 1 fully saturated rings. The highest BCUT2D eigenvalue weighted by Gasteiger charge is 2.20. The molecule has 0 aliphatic carbocycles. The Morgan fingerprint density at radius 2 is 2.05 bits per heavy atom. The second kappa shape index (κ2) is 7.90. The number of nitrogens with one attached hydrogen (secondary N) is 1. The van der Waals surface area contributed by atoms with Crippen molar-refractivity contribution in [3.8, 4) is 0 Å². The van der Waals surface area contributed by atoms with Crippen LogP contribution in [0, 0.1) is 0 Å². The van der Waals surface area contributed by atoms with Gasteiger partial charge in [0.2, 0.25) is 0 Å². The number of piperidine rings is 1. The molecule has 3 rings (SSSR count). The molecule has 4 nitrogen and oxygen atoms in total. The number of aryl methyl sites for hydroxylation is 1. The Balaban J connectivity index is 1.41. The molecule has 0 amide bonds. The summed E-state index contributed by atoms with van der Waals surface area (Å²) in [5, 5.41) is 11.9. The molecule has 4 heteroatoms. The maximum atomic E-state index is 4.22. The van der Waals surface area contributed by atoms with E-state index in [1.165, 1.54) is 24.8 Å². The van der Waals surface area contributed by atoms with Gasteiger partial charge in [0.25, 0.3) is 0 Å². The summed E-state index contributed by atoms with van der Waals surface area (Å²) in [4.78, 5) is 2.34. The number of nitrogens with zero attached hydrogens (tertiary/aromatic N) is 3. The van der Waals surface area contributed by atoms with E-state index in [1.807, 2.05) is 12.1 Å². The average molecular weight is 296 g/mol. The topological polar surface area (TPSA) is 41.0 Å². The van der Waals surface area contributed by atoms with E-state index in [4.69, 9.17) is 0 Å². The van der Waals surface area contributed by atoms with Gasteiger partial charge in [-0.1, -0.05) is 30.3 Å². The first-order chi connectivity index (χ1) is 10.9. The number of aromatic nitrogens is 2. The number of hydrogen-bond acceptors (Lipinski definition) is 4. The van der Waals surface area contributed by atoms with Gasteiger partial charge in [-0.05, 0) is 49.9 Å². The Bertz CT molecular complexity index is 544. The highest BCUT2D eigenvalue weighted by Crippen LogP contribution is 2.16. The molecule has 1 atom stereocenters. The lowest BCUT2D eigenvalue weighted by Gasteiger charge is -2.33. The fraction of sp³-hybridized carbons (Fsp3) is 0.444. The largest absolute Gasteiger partial charge is 0.354 e. The second-order valence-electron chi connectivity index (χ2n) is 5.91. The summed E-state index contributed by atoms with van der Waals surface area (Å²) >= 11 is 0. The summed E-state index contributed by atoms with van der Waals surface area (Å²) in [6.07, 6.45) is 6.53. The average Bonchev–Trinajstić information content (AvgIpc) is 2.61. The van der Waals surface area contributed by atoms with Crippen LogP contribution in [0.15, 0.2) is 48.7 Å². The molecule has 22 heavy (non-hydrogen) atoms. The van der Waals surface area contributed by atoms with Gasteiger partial charge in [-0.2, -0.15) is 5.10 Å². The lowest BCUT2D eigenvalue weighted by molar-refractivity contribution is 0.418. The quantitative estimate of drug-likeness (QED) is 0.832. The van der Waals surface area contributed by atoms with Crippen LogP contribution in [-0.2, 0) is 6.42 Å². The van der Waals surface area contributed by atoms with Gasteiger partial charge in [-0.3, -0.25) is 0 Å². The molecule has 0 saturated carbocycles. The summed E-state index contributed by atoms with van der Waals surface area (Å²) in [6, 6.07) is 15.3. The van der Waals surface area contributed by atoms with E-state index >= 15 is 0 Å². The summed E-state index contributed by atoms with van der Waals surface area (Å²) in [7, 11) is 0. The third-order valence-electron chi connectivity index (χ3n) is 4.22. The van der Waals surface area contributed by atoms with Crippen LogP contribution in [0.4, 0.5) is 5.82 Å². The van der Waals surface area contributed by atoms with Crippen LogP contribution in [0.5, 0.6) is 0 Å². The fourth-order valence-corrected chi connectivity index (χ4v) is 3.06. The van der Waals surface area contributed by atoms with Crippen LogP contribution in [0.25, 0.3) is 0 Å². The Hall–Kier alpha value is -1.94. The van der Waals surface area contributed by atoms with E-state index in [-0.39, 0.29) is 0 Å². The lowest BCUT2D eigenvalue weighted by Crippen LogP contribution is -2.46. The highest BCUT2D eigenvalue weighted by molar-refractivity contribution is 5.37. The SMILES string of the molecule is c1ccc(CCCN[C@H]2CCCN(c3cccnn3)C2)cc1. The van der Waals surface area contributed by atoms with Crippen LogP contribution in [0.1, 0.15) is 24.8 Å². The Morgan fingerprint density at radius 3 is 2.86 bits per heavy atom. The Morgan fingerprint density at radius 1 is 1.14 bits per heavy atom. The zero-order valence-electron chi connectivity index (χ0n) is 13.0. The predicted octanol–water partition coefficient (Wildman–Crippen LogP) is 2.67. The summed E-state index contributed by atoms with van der Waals surface area (Å²) < 4.78 is 0. The maximum absolute atomic E-state index is 4.22. The lowest BCUT2D eigenvalue weighted by atomic mass is 10.0.